The number of rotatable bonds is 11. The molecule has 0 bridgehead atoms. The van der Waals surface area contributed by atoms with Gasteiger partial charge in [0.15, 0.2) is 0 Å². The van der Waals surface area contributed by atoms with E-state index in [4.69, 9.17) is 11.0 Å². The molecule has 0 aliphatic carbocycles. The van der Waals surface area contributed by atoms with Gasteiger partial charge >= 0.3 is 0 Å². The Labute approximate surface area is 210 Å². The molecule has 3 atom stereocenters. The van der Waals surface area contributed by atoms with E-state index in [0.29, 0.717) is 23.9 Å². The van der Waals surface area contributed by atoms with Crippen molar-refractivity contribution in [2.24, 2.45) is 16.6 Å². The van der Waals surface area contributed by atoms with Crippen molar-refractivity contribution >= 4 is 22.8 Å². The summed E-state index contributed by atoms with van der Waals surface area (Å²) in [5.74, 6) is -0.982. The SMILES string of the molecule is CC(C)(F)CCC(CC(O)C(Cc1ccccc1)NC(=O)c1cnc2ccccc2n1)C(N)=NC#N. The Balaban J connectivity index is 1.83. The number of amidine groups is 1. The van der Waals surface area contributed by atoms with Crippen molar-refractivity contribution in [1.82, 2.24) is 15.3 Å². The van der Waals surface area contributed by atoms with Crippen LogP contribution in [0, 0.1) is 17.4 Å². The molecule has 9 heteroatoms. The summed E-state index contributed by atoms with van der Waals surface area (Å²) in [6.45, 7) is 2.92. The molecule has 4 N–H and O–H groups in total. The molecule has 1 amide bonds. The summed E-state index contributed by atoms with van der Waals surface area (Å²) in [4.78, 5) is 25.4. The first-order chi connectivity index (χ1) is 17.2. The Kier molecular flexibility index (Phi) is 9.03. The lowest BCUT2D eigenvalue weighted by molar-refractivity contribution is 0.0775. The van der Waals surface area contributed by atoms with Gasteiger partial charge in [-0.2, -0.15) is 10.3 Å². The first kappa shape index (κ1) is 26.7. The standard InChI is InChI=1S/C27H31FN6O2/c1-27(2,28)13-12-19(25(30)32-17-29)15-24(35)22(14-18-8-4-3-5-9-18)34-26(36)23-16-31-20-10-6-7-11-21(20)33-23/h3-11,16,19,22,24,35H,12-15H2,1-2H3,(H2,30,32)(H,34,36). The lowest BCUT2D eigenvalue weighted by atomic mass is 9.87. The summed E-state index contributed by atoms with van der Waals surface area (Å²) in [6.07, 6.45) is 2.90. The van der Waals surface area contributed by atoms with Gasteiger partial charge in [0, 0.05) is 5.92 Å². The molecule has 2 aromatic carbocycles. The van der Waals surface area contributed by atoms with Gasteiger partial charge in [-0.1, -0.05) is 42.5 Å². The van der Waals surface area contributed by atoms with Gasteiger partial charge in [0.2, 0.25) is 6.19 Å². The van der Waals surface area contributed by atoms with Crippen LogP contribution in [0.25, 0.3) is 11.0 Å². The van der Waals surface area contributed by atoms with Crippen LogP contribution in [0.3, 0.4) is 0 Å². The number of aliphatic imine (C=N–C) groups is 1. The van der Waals surface area contributed by atoms with Crippen molar-refractivity contribution in [3.63, 3.8) is 0 Å². The number of alkyl halides is 1. The zero-order valence-corrected chi connectivity index (χ0v) is 20.4. The lowest BCUT2D eigenvalue weighted by Gasteiger charge is -2.28. The summed E-state index contributed by atoms with van der Waals surface area (Å²) in [7, 11) is 0. The highest BCUT2D eigenvalue weighted by molar-refractivity contribution is 5.94. The maximum atomic E-state index is 14.2. The van der Waals surface area contributed by atoms with E-state index in [1.54, 1.807) is 18.3 Å². The van der Waals surface area contributed by atoms with Crippen molar-refractivity contribution in [3.05, 3.63) is 72.1 Å². The minimum atomic E-state index is -1.44. The summed E-state index contributed by atoms with van der Waals surface area (Å²) < 4.78 is 14.2. The first-order valence-electron chi connectivity index (χ1n) is 11.8. The molecule has 0 aliphatic rings. The molecule has 8 nitrogen and oxygen atoms in total. The van der Waals surface area contributed by atoms with E-state index in [1.165, 1.54) is 20.0 Å². The van der Waals surface area contributed by atoms with E-state index in [0.717, 1.165) is 5.56 Å². The highest BCUT2D eigenvalue weighted by atomic mass is 19.1. The normalized spacial score (nSPS) is 14.6. The first-order valence-corrected chi connectivity index (χ1v) is 11.8. The van der Waals surface area contributed by atoms with E-state index in [1.807, 2.05) is 42.5 Å². The maximum absolute atomic E-state index is 14.2. The summed E-state index contributed by atoms with van der Waals surface area (Å²) in [5.41, 5.74) is 6.83. The minimum absolute atomic E-state index is 0.0333. The van der Waals surface area contributed by atoms with Gasteiger partial charge in [0.25, 0.3) is 5.91 Å². The van der Waals surface area contributed by atoms with E-state index in [2.05, 4.69) is 20.3 Å². The number of amides is 1. The second-order valence-corrected chi connectivity index (χ2v) is 9.41. The molecule has 0 radical (unpaired) electrons. The quantitative estimate of drug-likeness (QED) is 0.213. The van der Waals surface area contributed by atoms with E-state index in [-0.39, 0.29) is 24.4 Å². The molecule has 3 rings (SSSR count). The highest BCUT2D eigenvalue weighted by Gasteiger charge is 2.29. The third-order valence-corrected chi connectivity index (χ3v) is 5.97. The maximum Gasteiger partial charge on any atom is 0.271 e. The topological polar surface area (TPSA) is 137 Å². The third-order valence-electron chi connectivity index (χ3n) is 5.97. The number of hydrogen-bond acceptors (Lipinski definition) is 6. The van der Waals surface area contributed by atoms with Crippen LogP contribution in [0.5, 0.6) is 0 Å². The number of aliphatic hydroxyl groups is 1. The van der Waals surface area contributed by atoms with Crippen LogP contribution in [0.2, 0.25) is 0 Å². The zero-order chi connectivity index (χ0) is 26.1. The van der Waals surface area contributed by atoms with Crippen LogP contribution in [0.4, 0.5) is 4.39 Å². The number of halogens is 1. The number of aliphatic hydroxyl groups excluding tert-OH is 1. The molecule has 1 aromatic heterocycles. The van der Waals surface area contributed by atoms with E-state index >= 15 is 0 Å². The number of aromatic nitrogens is 2. The fraction of sp³-hybridized carbons (Fsp3) is 0.370. The van der Waals surface area contributed by atoms with Crippen molar-refractivity contribution in [2.45, 2.75) is 57.3 Å². The summed E-state index contributed by atoms with van der Waals surface area (Å²) >= 11 is 0. The van der Waals surface area contributed by atoms with Gasteiger partial charge in [-0.3, -0.25) is 9.78 Å². The minimum Gasteiger partial charge on any atom is -0.391 e. The molecule has 36 heavy (non-hydrogen) atoms. The predicted octanol–water partition coefficient (Wildman–Crippen LogP) is 3.70. The van der Waals surface area contributed by atoms with Crippen molar-refractivity contribution in [2.75, 3.05) is 0 Å². The fourth-order valence-electron chi connectivity index (χ4n) is 3.97. The monoisotopic (exact) mass is 490 g/mol. The number of nitrogens with two attached hydrogens (primary N) is 1. The largest absolute Gasteiger partial charge is 0.391 e. The molecule has 0 saturated carbocycles. The van der Waals surface area contributed by atoms with Gasteiger partial charge in [-0.15, -0.1) is 0 Å². The van der Waals surface area contributed by atoms with Gasteiger partial charge in [0.05, 0.1) is 29.4 Å². The number of nitrogens with zero attached hydrogens (tertiary/aromatic N) is 4. The van der Waals surface area contributed by atoms with Crippen LogP contribution in [-0.2, 0) is 6.42 Å². The van der Waals surface area contributed by atoms with Crippen molar-refractivity contribution < 1.29 is 14.3 Å². The van der Waals surface area contributed by atoms with Crippen LogP contribution < -0.4 is 11.1 Å². The van der Waals surface area contributed by atoms with Crippen LogP contribution in [0.1, 0.15) is 49.2 Å². The van der Waals surface area contributed by atoms with Crippen molar-refractivity contribution in [3.8, 4) is 6.19 Å². The zero-order valence-electron chi connectivity index (χ0n) is 20.4. The molecule has 0 spiro atoms. The Morgan fingerprint density at radius 3 is 2.53 bits per heavy atom. The summed E-state index contributed by atoms with van der Waals surface area (Å²) in [6, 6.07) is 15.9. The molecular weight excluding hydrogens is 459 g/mol. The molecule has 188 valence electrons. The number of para-hydroxylation sites is 2. The molecule has 3 unspecified atom stereocenters. The number of benzene rings is 2. The van der Waals surface area contributed by atoms with Crippen LogP contribution in [0.15, 0.2) is 65.8 Å². The summed E-state index contributed by atoms with van der Waals surface area (Å²) in [5, 5.41) is 23.0. The number of fused-ring (bicyclic) bond motifs is 1. The number of hydrogen-bond donors (Lipinski definition) is 3. The van der Waals surface area contributed by atoms with E-state index in [9.17, 15) is 14.3 Å². The molecule has 3 aromatic rings. The van der Waals surface area contributed by atoms with Gasteiger partial charge in [-0.25, -0.2) is 9.37 Å². The van der Waals surface area contributed by atoms with Gasteiger partial charge in [-0.05, 0) is 57.2 Å². The molecule has 0 saturated heterocycles. The van der Waals surface area contributed by atoms with Gasteiger partial charge < -0.3 is 16.2 Å². The Morgan fingerprint density at radius 1 is 1.19 bits per heavy atom. The number of nitrogens with one attached hydrogen (secondary N) is 1. The second kappa shape index (κ2) is 12.2. The Morgan fingerprint density at radius 2 is 1.86 bits per heavy atom. The number of carbonyl (C=O) groups is 1. The highest BCUT2D eigenvalue weighted by Crippen LogP contribution is 2.24. The lowest BCUT2D eigenvalue weighted by Crippen LogP contribution is -2.46. The molecular formula is C27H31FN6O2. The smallest absolute Gasteiger partial charge is 0.271 e. The fourth-order valence-corrected chi connectivity index (χ4v) is 3.97. The Hall–Kier alpha value is -3.90. The van der Waals surface area contributed by atoms with Gasteiger partial charge in [0.1, 0.15) is 17.2 Å². The molecule has 0 aliphatic heterocycles. The molecule has 1 heterocycles. The second-order valence-electron chi connectivity index (χ2n) is 9.41. The number of nitriles is 1. The predicted molar refractivity (Wildman–Crippen MR) is 137 cm³/mol. The molecule has 0 fully saturated rings. The average Bonchev–Trinajstić information content (AvgIpc) is 2.85. The van der Waals surface area contributed by atoms with Crippen LogP contribution in [-0.4, -0.2) is 44.6 Å². The average molecular weight is 491 g/mol. The number of carbonyl (C=O) groups excluding carboxylic acids is 1. The Bertz CT molecular complexity index is 1240. The van der Waals surface area contributed by atoms with Crippen LogP contribution >= 0.6 is 0 Å². The third kappa shape index (κ3) is 7.82. The van der Waals surface area contributed by atoms with Crippen molar-refractivity contribution in [1.29, 1.82) is 5.26 Å². The van der Waals surface area contributed by atoms with E-state index < -0.39 is 29.6 Å².